The van der Waals surface area contributed by atoms with Gasteiger partial charge in [0.2, 0.25) is 0 Å². The van der Waals surface area contributed by atoms with Crippen molar-refractivity contribution in [3.8, 4) is 0 Å². The molecule has 0 radical (unpaired) electrons. The standard InChI is InChI=1S/C16H15BrClN/c17-16-6-5-14(18)7-13(16)10-19-15-8-11-3-1-2-4-12(11)9-15/h1-7,15,19H,8-10H2. The average Bonchev–Trinajstić information content (AvgIpc) is 2.82. The van der Waals surface area contributed by atoms with Crippen LogP contribution < -0.4 is 5.32 Å². The fourth-order valence-corrected chi connectivity index (χ4v) is 3.22. The lowest BCUT2D eigenvalue weighted by Crippen LogP contribution is -2.29. The number of fused-ring (bicyclic) bond motifs is 1. The lowest BCUT2D eigenvalue weighted by Gasteiger charge is -2.13. The molecule has 98 valence electrons. The van der Waals surface area contributed by atoms with Gasteiger partial charge in [0.05, 0.1) is 0 Å². The van der Waals surface area contributed by atoms with Crippen molar-refractivity contribution >= 4 is 27.5 Å². The Labute approximate surface area is 127 Å². The second-order valence-corrected chi connectivity index (χ2v) is 6.28. The van der Waals surface area contributed by atoms with Crippen LogP contribution in [0.5, 0.6) is 0 Å². The molecule has 1 N–H and O–H groups in total. The van der Waals surface area contributed by atoms with Crippen molar-refractivity contribution < 1.29 is 0 Å². The highest BCUT2D eigenvalue weighted by Gasteiger charge is 2.20. The normalized spacial score (nSPS) is 14.6. The molecule has 3 heteroatoms. The molecule has 0 bridgehead atoms. The fraction of sp³-hybridized carbons (Fsp3) is 0.250. The van der Waals surface area contributed by atoms with Crippen molar-refractivity contribution in [1.82, 2.24) is 5.32 Å². The minimum absolute atomic E-state index is 0.531. The van der Waals surface area contributed by atoms with Crippen LogP contribution >= 0.6 is 27.5 Å². The lowest BCUT2D eigenvalue weighted by molar-refractivity contribution is 0.532. The zero-order valence-electron chi connectivity index (χ0n) is 10.5. The van der Waals surface area contributed by atoms with Crippen LogP contribution in [0.25, 0.3) is 0 Å². The number of hydrogen-bond donors (Lipinski definition) is 1. The van der Waals surface area contributed by atoms with Gasteiger partial charge in [0.25, 0.3) is 0 Å². The molecule has 1 nitrogen and oxygen atoms in total. The SMILES string of the molecule is Clc1ccc(Br)c(CNC2Cc3ccccc3C2)c1. The van der Waals surface area contributed by atoms with Crippen LogP contribution in [-0.2, 0) is 19.4 Å². The first-order valence-electron chi connectivity index (χ1n) is 6.46. The first-order valence-corrected chi connectivity index (χ1v) is 7.63. The summed E-state index contributed by atoms with van der Waals surface area (Å²) in [6.07, 6.45) is 2.24. The Hall–Kier alpha value is -0.830. The molecule has 2 aromatic rings. The molecule has 1 aliphatic rings. The van der Waals surface area contributed by atoms with Crippen LogP contribution in [0, 0.1) is 0 Å². The van der Waals surface area contributed by atoms with Crippen LogP contribution in [0.15, 0.2) is 46.9 Å². The highest BCUT2D eigenvalue weighted by molar-refractivity contribution is 9.10. The lowest BCUT2D eigenvalue weighted by atomic mass is 10.1. The summed E-state index contributed by atoms with van der Waals surface area (Å²) in [4.78, 5) is 0. The van der Waals surface area contributed by atoms with Crippen molar-refractivity contribution in [3.63, 3.8) is 0 Å². The van der Waals surface area contributed by atoms with E-state index in [-0.39, 0.29) is 0 Å². The van der Waals surface area contributed by atoms with E-state index in [1.807, 2.05) is 18.2 Å². The molecule has 2 aromatic carbocycles. The maximum absolute atomic E-state index is 6.04. The third-order valence-electron chi connectivity index (χ3n) is 3.64. The Morgan fingerprint density at radius 1 is 1.11 bits per heavy atom. The Balaban J connectivity index is 1.64. The zero-order valence-corrected chi connectivity index (χ0v) is 12.8. The molecule has 0 fully saturated rings. The molecule has 0 spiro atoms. The smallest absolute Gasteiger partial charge is 0.0410 e. The maximum atomic E-state index is 6.04. The van der Waals surface area contributed by atoms with Gasteiger partial charge < -0.3 is 5.32 Å². The van der Waals surface area contributed by atoms with Gasteiger partial charge >= 0.3 is 0 Å². The Morgan fingerprint density at radius 3 is 2.47 bits per heavy atom. The molecule has 1 aliphatic carbocycles. The molecular weight excluding hydrogens is 322 g/mol. The van der Waals surface area contributed by atoms with Gasteiger partial charge in [0, 0.05) is 22.1 Å². The summed E-state index contributed by atoms with van der Waals surface area (Å²) in [7, 11) is 0. The van der Waals surface area contributed by atoms with E-state index in [0.29, 0.717) is 6.04 Å². The third kappa shape index (κ3) is 3.02. The van der Waals surface area contributed by atoms with Gasteiger partial charge in [-0.2, -0.15) is 0 Å². The third-order valence-corrected chi connectivity index (χ3v) is 4.65. The van der Waals surface area contributed by atoms with E-state index in [0.717, 1.165) is 28.9 Å². The van der Waals surface area contributed by atoms with Gasteiger partial charge in [-0.25, -0.2) is 0 Å². The molecule has 19 heavy (non-hydrogen) atoms. The monoisotopic (exact) mass is 335 g/mol. The topological polar surface area (TPSA) is 12.0 Å². The number of nitrogens with one attached hydrogen (secondary N) is 1. The van der Waals surface area contributed by atoms with Crippen molar-refractivity contribution in [2.75, 3.05) is 0 Å². The number of hydrogen-bond acceptors (Lipinski definition) is 1. The minimum atomic E-state index is 0.531. The first-order chi connectivity index (χ1) is 9.22. The summed E-state index contributed by atoms with van der Waals surface area (Å²) in [5.74, 6) is 0. The predicted octanol–water partition coefficient (Wildman–Crippen LogP) is 4.36. The van der Waals surface area contributed by atoms with E-state index in [2.05, 4.69) is 45.5 Å². The van der Waals surface area contributed by atoms with Crippen molar-refractivity contribution in [2.24, 2.45) is 0 Å². The van der Waals surface area contributed by atoms with Gasteiger partial charge in [-0.05, 0) is 47.7 Å². The zero-order chi connectivity index (χ0) is 13.2. The molecule has 0 saturated carbocycles. The molecule has 0 saturated heterocycles. The van der Waals surface area contributed by atoms with Crippen LogP contribution in [0.1, 0.15) is 16.7 Å². The fourth-order valence-electron chi connectivity index (χ4n) is 2.64. The summed E-state index contributed by atoms with van der Waals surface area (Å²) in [6.45, 7) is 0.847. The van der Waals surface area contributed by atoms with Gasteiger partial charge in [-0.3, -0.25) is 0 Å². The maximum Gasteiger partial charge on any atom is 0.0410 e. The minimum Gasteiger partial charge on any atom is -0.309 e. The van der Waals surface area contributed by atoms with E-state index in [9.17, 15) is 0 Å². The quantitative estimate of drug-likeness (QED) is 0.878. The molecule has 0 atom stereocenters. The van der Waals surface area contributed by atoms with E-state index in [1.165, 1.54) is 16.7 Å². The Morgan fingerprint density at radius 2 is 1.79 bits per heavy atom. The van der Waals surface area contributed by atoms with Crippen molar-refractivity contribution in [3.05, 3.63) is 68.7 Å². The summed E-state index contributed by atoms with van der Waals surface area (Å²) < 4.78 is 1.11. The van der Waals surface area contributed by atoms with Gasteiger partial charge in [0.1, 0.15) is 0 Å². The molecule has 0 aromatic heterocycles. The average molecular weight is 337 g/mol. The van der Waals surface area contributed by atoms with Crippen LogP contribution in [0.2, 0.25) is 5.02 Å². The van der Waals surface area contributed by atoms with E-state index in [4.69, 9.17) is 11.6 Å². The summed E-state index contributed by atoms with van der Waals surface area (Å²) in [5.41, 5.74) is 4.17. The summed E-state index contributed by atoms with van der Waals surface area (Å²) in [5, 5.41) is 4.41. The summed E-state index contributed by atoms with van der Waals surface area (Å²) >= 11 is 9.61. The number of benzene rings is 2. The second-order valence-electron chi connectivity index (χ2n) is 4.99. The first kappa shape index (κ1) is 13.2. The van der Waals surface area contributed by atoms with E-state index < -0.39 is 0 Å². The highest BCUT2D eigenvalue weighted by atomic mass is 79.9. The molecular formula is C16H15BrClN. The Kier molecular flexibility index (Phi) is 3.92. The van der Waals surface area contributed by atoms with Crippen molar-refractivity contribution in [2.45, 2.75) is 25.4 Å². The highest BCUT2D eigenvalue weighted by Crippen LogP contribution is 2.24. The second kappa shape index (κ2) is 5.66. The Bertz CT molecular complexity index is 572. The summed E-state index contributed by atoms with van der Waals surface area (Å²) in [6, 6.07) is 15.1. The van der Waals surface area contributed by atoms with Crippen molar-refractivity contribution in [1.29, 1.82) is 0 Å². The molecule has 0 amide bonds. The van der Waals surface area contributed by atoms with Gasteiger partial charge in [-0.1, -0.05) is 51.8 Å². The van der Waals surface area contributed by atoms with Gasteiger partial charge in [0.15, 0.2) is 0 Å². The van der Waals surface area contributed by atoms with E-state index >= 15 is 0 Å². The van der Waals surface area contributed by atoms with E-state index in [1.54, 1.807) is 0 Å². The number of halogens is 2. The predicted molar refractivity (Wildman–Crippen MR) is 83.6 cm³/mol. The largest absolute Gasteiger partial charge is 0.309 e. The van der Waals surface area contributed by atoms with Crippen LogP contribution in [0.4, 0.5) is 0 Å². The van der Waals surface area contributed by atoms with Crippen LogP contribution in [-0.4, -0.2) is 6.04 Å². The molecule has 0 aliphatic heterocycles. The molecule has 3 rings (SSSR count). The van der Waals surface area contributed by atoms with Crippen LogP contribution in [0.3, 0.4) is 0 Å². The molecule has 0 unspecified atom stereocenters. The van der Waals surface area contributed by atoms with Gasteiger partial charge in [-0.15, -0.1) is 0 Å². The molecule has 0 heterocycles. The number of rotatable bonds is 3.